The van der Waals surface area contributed by atoms with E-state index < -0.39 is 21.5 Å². The van der Waals surface area contributed by atoms with Crippen LogP contribution in [-0.4, -0.2) is 37.0 Å². The van der Waals surface area contributed by atoms with Crippen LogP contribution < -0.4 is 4.18 Å². The third kappa shape index (κ3) is 3.38. The fourth-order valence-corrected chi connectivity index (χ4v) is 1.69. The molecular formula is C10H12F3N3O3S. The van der Waals surface area contributed by atoms with Crippen molar-refractivity contribution in [2.24, 2.45) is 4.99 Å². The molecule has 0 spiro atoms. The van der Waals surface area contributed by atoms with Gasteiger partial charge in [-0.15, -0.1) is 0 Å². The van der Waals surface area contributed by atoms with Gasteiger partial charge in [-0.25, -0.2) is 4.68 Å². The average Bonchev–Trinajstić information content (AvgIpc) is 2.70. The molecule has 112 valence electrons. The van der Waals surface area contributed by atoms with E-state index in [4.69, 9.17) is 0 Å². The predicted molar refractivity (Wildman–Crippen MR) is 67.0 cm³/mol. The molecule has 1 aromatic rings. The number of nitrogens with zero attached hydrogens (tertiary/aromatic N) is 3. The number of rotatable bonds is 5. The number of hydrogen-bond donors (Lipinski definition) is 0. The summed E-state index contributed by atoms with van der Waals surface area (Å²) in [4.78, 5) is 3.68. The van der Waals surface area contributed by atoms with E-state index in [1.54, 1.807) is 6.92 Å². The van der Waals surface area contributed by atoms with Gasteiger partial charge in [0.2, 0.25) is 5.88 Å². The van der Waals surface area contributed by atoms with E-state index in [2.05, 4.69) is 20.9 Å². The van der Waals surface area contributed by atoms with Crippen molar-refractivity contribution in [1.82, 2.24) is 9.78 Å². The van der Waals surface area contributed by atoms with Crippen LogP contribution in [0.25, 0.3) is 5.57 Å². The highest BCUT2D eigenvalue weighted by Crippen LogP contribution is 2.28. The van der Waals surface area contributed by atoms with Gasteiger partial charge >= 0.3 is 15.6 Å². The maximum absolute atomic E-state index is 12.3. The molecule has 10 heteroatoms. The molecule has 1 heterocycles. The highest BCUT2D eigenvalue weighted by atomic mass is 32.2. The summed E-state index contributed by atoms with van der Waals surface area (Å²) in [7, 11) is -4.25. The normalized spacial score (nSPS) is 12.8. The van der Waals surface area contributed by atoms with Crippen LogP contribution in [0.15, 0.2) is 17.6 Å². The van der Waals surface area contributed by atoms with Crippen molar-refractivity contribution in [3.63, 3.8) is 0 Å². The van der Waals surface area contributed by atoms with E-state index in [1.165, 1.54) is 13.3 Å². The molecule has 20 heavy (non-hydrogen) atoms. The van der Waals surface area contributed by atoms with Crippen molar-refractivity contribution in [2.45, 2.75) is 19.0 Å². The molecule has 0 aliphatic rings. The molecule has 0 fully saturated rings. The Morgan fingerprint density at radius 1 is 1.60 bits per heavy atom. The van der Waals surface area contributed by atoms with Crippen LogP contribution in [0.4, 0.5) is 13.2 Å². The summed E-state index contributed by atoms with van der Waals surface area (Å²) in [6, 6.07) is 1.05. The highest BCUT2D eigenvalue weighted by Gasteiger charge is 2.49. The third-order valence-electron chi connectivity index (χ3n) is 2.14. The Morgan fingerprint density at radius 3 is 2.65 bits per heavy atom. The number of alkyl halides is 3. The highest BCUT2D eigenvalue weighted by molar-refractivity contribution is 7.87. The lowest BCUT2D eigenvalue weighted by Crippen LogP contribution is -2.28. The molecular weight excluding hydrogens is 299 g/mol. The standard InChI is InChI=1S/C10H12F3N3O3S/c1-4-16-9(19-20(17,18)10(11,12)13)5-8(15-16)7(2)6-14-3/h5-6H,2,4H2,1,3H3. The van der Waals surface area contributed by atoms with Gasteiger partial charge in [-0.2, -0.15) is 26.7 Å². The molecule has 0 saturated heterocycles. The van der Waals surface area contributed by atoms with Crippen LogP contribution in [0.1, 0.15) is 12.6 Å². The monoisotopic (exact) mass is 311 g/mol. The van der Waals surface area contributed by atoms with Crippen LogP contribution in [0.3, 0.4) is 0 Å². The zero-order valence-corrected chi connectivity index (χ0v) is 11.5. The molecule has 1 rings (SSSR count). The van der Waals surface area contributed by atoms with E-state index >= 15 is 0 Å². The van der Waals surface area contributed by atoms with Gasteiger partial charge in [-0.3, -0.25) is 4.99 Å². The Labute approximate surface area is 113 Å². The molecule has 0 unspecified atom stereocenters. The number of aromatic nitrogens is 2. The zero-order valence-electron chi connectivity index (χ0n) is 10.7. The summed E-state index contributed by atoms with van der Waals surface area (Å²) < 4.78 is 63.7. The fraction of sp³-hybridized carbons (Fsp3) is 0.400. The SMILES string of the molecule is C=C(C=NC)c1cc(OS(=O)(=O)C(F)(F)F)n(CC)n1. The number of aliphatic imine (C=N–C) groups is 1. The molecule has 0 amide bonds. The molecule has 1 aromatic heterocycles. The van der Waals surface area contributed by atoms with Gasteiger partial charge in [0.1, 0.15) is 0 Å². The molecule has 0 aromatic carbocycles. The third-order valence-corrected chi connectivity index (χ3v) is 3.09. The van der Waals surface area contributed by atoms with Gasteiger partial charge in [0.25, 0.3) is 0 Å². The van der Waals surface area contributed by atoms with E-state index in [1.807, 2.05) is 0 Å². The number of allylic oxidation sites excluding steroid dienone is 1. The van der Waals surface area contributed by atoms with Crippen LogP contribution in [0.5, 0.6) is 5.88 Å². The first kappa shape index (κ1) is 16.2. The minimum Gasteiger partial charge on any atom is -0.355 e. The smallest absolute Gasteiger partial charge is 0.355 e. The molecule has 0 saturated carbocycles. The van der Waals surface area contributed by atoms with Gasteiger partial charge in [-0.05, 0) is 6.92 Å². The van der Waals surface area contributed by atoms with Crippen molar-refractivity contribution < 1.29 is 25.8 Å². The van der Waals surface area contributed by atoms with Gasteiger partial charge in [-0.1, -0.05) is 6.58 Å². The largest absolute Gasteiger partial charge is 0.534 e. The lowest BCUT2D eigenvalue weighted by Gasteiger charge is -2.09. The summed E-state index contributed by atoms with van der Waals surface area (Å²) in [6.07, 6.45) is 1.34. The first-order chi connectivity index (χ1) is 9.12. The van der Waals surface area contributed by atoms with E-state index in [-0.39, 0.29) is 12.2 Å². The van der Waals surface area contributed by atoms with Crippen molar-refractivity contribution in [2.75, 3.05) is 7.05 Å². The Hall–Kier alpha value is -1.84. The minimum absolute atomic E-state index is 0.124. The fourth-order valence-electron chi connectivity index (χ4n) is 1.23. The molecule has 0 aliphatic heterocycles. The van der Waals surface area contributed by atoms with Crippen molar-refractivity contribution in [3.05, 3.63) is 18.3 Å². The van der Waals surface area contributed by atoms with E-state index in [9.17, 15) is 21.6 Å². The summed E-state index contributed by atoms with van der Waals surface area (Å²) in [5.41, 5.74) is -5.02. The van der Waals surface area contributed by atoms with Crippen LogP contribution in [0, 0.1) is 0 Å². The molecule has 0 N–H and O–H groups in total. The Morgan fingerprint density at radius 2 is 2.20 bits per heavy atom. The lowest BCUT2D eigenvalue weighted by atomic mass is 10.2. The summed E-state index contributed by atoms with van der Waals surface area (Å²) in [6.45, 7) is 5.29. The summed E-state index contributed by atoms with van der Waals surface area (Å²) in [5.74, 6) is -0.537. The quantitative estimate of drug-likeness (QED) is 0.472. The van der Waals surface area contributed by atoms with Crippen LogP contribution in [0.2, 0.25) is 0 Å². The van der Waals surface area contributed by atoms with Crippen LogP contribution in [-0.2, 0) is 16.7 Å². The van der Waals surface area contributed by atoms with Crippen LogP contribution >= 0.6 is 0 Å². The molecule has 0 radical (unpaired) electrons. The van der Waals surface area contributed by atoms with E-state index in [0.29, 0.717) is 5.57 Å². The average molecular weight is 311 g/mol. The molecule has 6 nitrogen and oxygen atoms in total. The summed E-state index contributed by atoms with van der Waals surface area (Å²) >= 11 is 0. The first-order valence-corrected chi connectivity index (χ1v) is 6.73. The second-order valence-electron chi connectivity index (χ2n) is 3.58. The number of halogens is 3. The summed E-state index contributed by atoms with van der Waals surface area (Å²) in [5, 5.41) is 3.88. The van der Waals surface area contributed by atoms with Gasteiger partial charge in [0.05, 0.1) is 5.69 Å². The predicted octanol–water partition coefficient (Wildman–Crippen LogP) is 1.85. The maximum Gasteiger partial charge on any atom is 0.534 e. The number of hydrogen-bond acceptors (Lipinski definition) is 5. The minimum atomic E-state index is -5.73. The first-order valence-electron chi connectivity index (χ1n) is 5.32. The zero-order chi connectivity index (χ0) is 15.6. The van der Waals surface area contributed by atoms with Gasteiger partial charge in [0, 0.05) is 31.4 Å². The number of aryl methyl sites for hydroxylation is 1. The molecule has 0 bridgehead atoms. The second kappa shape index (κ2) is 5.65. The Kier molecular flexibility index (Phi) is 4.58. The molecule has 0 aliphatic carbocycles. The van der Waals surface area contributed by atoms with Crippen molar-refractivity contribution in [1.29, 1.82) is 0 Å². The molecule has 0 atom stereocenters. The maximum atomic E-state index is 12.3. The lowest BCUT2D eigenvalue weighted by molar-refractivity contribution is -0.0502. The topological polar surface area (TPSA) is 73.5 Å². The van der Waals surface area contributed by atoms with Crippen molar-refractivity contribution in [3.8, 4) is 5.88 Å². The second-order valence-corrected chi connectivity index (χ2v) is 5.12. The van der Waals surface area contributed by atoms with Gasteiger partial charge in [0.15, 0.2) is 0 Å². The Balaban J connectivity index is 3.17. The van der Waals surface area contributed by atoms with Crippen molar-refractivity contribution >= 4 is 21.9 Å². The van der Waals surface area contributed by atoms with E-state index in [0.717, 1.165) is 10.7 Å². The Bertz CT molecular complexity index is 632. The van der Waals surface area contributed by atoms with Gasteiger partial charge < -0.3 is 4.18 Å².